The van der Waals surface area contributed by atoms with E-state index >= 15 is 0 Å². The fraction of sp³-hybridized carbons (Fsp3) is 0.133. The zero-order valence-electron chi connectivity index (χ0n) is 11.4. The second-order valence-corrected chi connectivity index (χ2v) is 4.87. The maximum absolute atomic E-state index is 11.1. The molecule has 0 radical (unpaired) electrons. The van der Waals surface area contributed by atoms with E-state index in [2.05, 4.69) is 0 Å². The summed E-state index contributed by atoms with van der Waals surface area (Å²) in [6, 6.07) is 10.7. The highest BCUT2D eigenvalue weighted by Gasteiger charge is 2.16. The highest BCUT2D eigenvalue weighted by molar-refractivity contribution is 6.30. The van der Waals surface area contributed by atoms with Gasteiger partial charge in [0.05, 0.1) is 17.1 Å². The van der Waals surface area contributed by atoms with Crippen LogP contribution in [0, 0.1) is 10.1 Å². The maximum Gasteiger partial charge on any atom is 0.335 e. The van der Waals surface area contributed by atoms with Gasteiger partial charge in [-0.3, -0.25) is 10.1 Å². The first-order chi connectivity index (χ1) is 10.5. The van der Waals surface area contributed by atoms with Crippen molar-refractivity contribution < 1.29 is 19.6 Å². The maximum atomic E-state index is 11.1. The first-order valence-corrected chi connectivity index (χ1v) is 6.75. The number of hydrogen-bond donors (Lipinski definition) is 1. The average Bonchev–Trinajstić information content (AvgIpc) is 2.48. The molecule has 0 aliphatic carbocycles. The van der Waals surface area contributed by atoms with Gasteiger partial charge in [0.15, 0.2) is 5.75 Å². The van der Waals surface area contributed by atoms with Crippen molar-refractivity contribution in [3.8, 4) is 5.75 Å². The largest absolute Gasteiger partial charge is 0.486 e. The quantitative estimate of drug-likeness (QED) is 0.649. The van der Waals surface area contributed by atoms with E-state index in [1.807, 2.05) is 0 Å². The second kappa shape index (κ2) is 6.91. The monoisotopic (exact) mass is 321 g/mol. The van der Waals surface area contributed by atoms with Gasteiger partial charge < -0.3 is 9.84 Å². The summed E-state index contributed by atoms with van der Waals surface area (Å²) in [7, 11) is 0. The third kappa shape index (κ3) is 3.73. The molecular formula is C15H12ClNO5. The number of halogens is 1. The van der Waals surface area contributed by atoms with Crippen molar-refractivity contribution in [2.45, 2.75) is 6.42 Å². The molecule has 0 aliphatic heterocycles. The van der Waals surface area contributed by atoms with Crippen LogP contribution in [0.1, 0.15) is 15.9 Å². The Morgan fingerprint density at radius 3 is 2.68 bits per heavy atom. The van der Waals surface area contributed by atoms with Crippen molar-refractivity contribution >= 4 is 23.3 Å². The Hall–Kier alpha value is -2.60. The summed E-state index contributed by atoms with van der Waals surface area (Å²) in [5, 5.41) is 20.3. The summed E-state index contributed by atoms with van der Waals surface area (Å²) < 4.78 is 5.40. The fourth-order valence-electron chi connectivity index (χ4n) is 1.97. The van der Waals surface area contributed by atoms with Gasteiger partial charge in [-0.15, -0.1) is 0 Å². The van der Waals surface area contributed by atoms with Crippen LogP contribution >= 0.6 is 11.6 Å². The van der Waals surface area contributed by atoms with E-state index in [9.17, 15) is 14.9 Å². The molecule has 0 saturated heterocycles. The molecule has 2 rings (SSSR count). The predicted octanol–water partition coefficient (Wildman–Crippen LogP) is 3.57. The molecule has 0 atom stereocenters. The van der Waals surface area contributed by atoms with Crippen molar-refractivity contribution in [3.05, 3.63) is 68.7 Å². The molecule has 0 bridgehead atoms. The smallest absolute Gasteiger partial charge is 0.335 e. The van der Waals surface area contributed by atoms with Gasteiger partial charge in [-0.2, -0.15) is 0 Å². The lowest BCUT2D eigenvalue weighted by atomic mass is 10.1. The van der Waals surface area contributed by atoms with Crippen molar-refractivity contribution in [1.29, 1.82) is 0 Å². The summed E-state index contributed by atoms with van der Waals surface area (Å²) in [4.78, 5) is 21.5. The highest BCUT2D eigenvalue weighted by Crippen LogP contribution is 2.30. The SMILES string of the molecule is O=C(O)c1ccccc1CCOc1ccc(Cl)cc1[N+](=O)[O-]. The third-order valence-corrected chi connectivity index (χ3v) is 3.23. The Morgan fingerprint density at radius 1 is 1.27 bits per heavy atom. The number of rotatable bonds is 6. The lowest BCUT2D eigenvalue weighted by Crippen LogP contribution is -2.08. The van der Waals surface area contributed by atoms with Crippen LogP contribution in [0.3, 0.4) is 0 Å². The van der Waals surface area contributed by atoms with Gasteiger partial charge in [0.1, 0.15) is 0 Å². The molecule has 2 aromatic rings. The molecule has 0 unspecified atom stereocenters. The van der Waals surface area contributed by atoms with Crippen LogP contribution in [0.5, 0.6) is 5.75 Å². The van der Waals surface area contributed by atoms with Crippen LogP contribution in [0.2, 0.25) is 5.02 Å². The van der Waals surface area contributed by atoms with E-state index in [4.69, 9.17) is 21.4 Å². The van der Waals surface area contributed by atoms with Crippen LogP contribution in [-0.4, -0.2) is 22.6 Å². The number of nitrogens with zero attached hydrogens (tertiary/aromatic N) is 1. The van der Waals surface area contributed by atoms with Gasteiger partial charge in [-0.1, -0.05) is 29.8 Å². The number of carboxylic acids is 1. The average molecular weight is 322 g/mol. The lowest BCUT2D eigenvalue weighted by Gasteiger charge is -2.08. The van der Waals surface area contributed by atoms with E-state index in [1.165, 1.54) is 24.3 Å². The first kappa shape index (κ1) is 15.8. The molecule has 22 heavy (non-hydrogen) atoms. The van der Waals surface area contributed by atoms with Gasteiger partial charge in [0, 0.05) is 17.5 Å². The normalized spacial score (nSPS) is 10.2. The minimum atomic E-state index is -1.02. The molecule has 0 aliphatic rings. The van der Waals surface area contributed by atoms with Crippen molar-refractivity contribution in [2.24, 2.45) is 0 Å². The standard InChI is InChI=1S/C15H12ClNO5/c16-11-5-6-14(13(9-11)17(20)21)22-8-7-10-3-1-2-4-12(10)15(18)19/h1-6,9H,7-8H2,(H,18,19). The van der Waals surface area contributed by atoms with E-state index in [1.54, 1.807) is 18.2 Å². The zero-order valence-corrected chi connectivity index (χ0v) is 12.1. The molecule has 7 heteroatoms. The molecular weight excluding hydrogens is 310 g/mol. The molecule has 2 aromatic carbocycles. The van der Waals surface area contributed by atoms with Crippen LogP contribution in [0.15, 0.2) is 42.5 Å². The fourth-order valence-corrected chi connectivity index (χ4v) is 2.14. The number of benzene rings is 2. The number of aromatic carboxylic acids is 1. The molecule has 0 fully saturated rings. The first-order valence-electron chi connectivity index (χ1n) is 6.37. The van der Waals surface area contributed by atoms with Crippen molar-refractivity contribution in [3.63, 3.8) is 0 Å². The minimum absolute atomic E-state index is 0.0993. The van der Waals surface area contributed by atoms with Crippen LogP contribution in [-0.2, 0) is 6.42 Å². The number of hydrogen-bond acceptors (Lipinski definition) is 4. The molecule has 114 valence electrons. The van der Waals surface area contributed by atoms with Crippen LogP contribution < -0.4 is 4.74 Å². The predicted molar refractivity (Wildman–Crippen MR) is 80.7 cm³/mol. The van der Waals surface area contributed by atoms with Gasteiger partial charge >= 0.3 is 11.7 Å². The highest BCUT2D eigenvalue weighted by atomic mass is 35.5. The van der Waals surface area contributed by atoms with E-state index in [0.29, 0.717) is 12.0 Å². The Balaban J connectivity index is 2.09. The Labute approximate surface area is 131 Å². The van der Waals surface area contributed by atoms with Crippen molar-refractivity contribution in [2.75, 3.05) is 6.61 Å². The Bertz CT molecular complexity index is 717. The number of nitro groups is 1. The second-order valence-electron chi connectivity index (χ2n) is 4.43. The van der Waals surface area contributed by atoms with Gasteiger partial charge in [0.2, 0.25) is 0 Å². The minimum Gasteiger partial charge on any atom is -0.486 e. The molecule has 1 N–H and O–H groups in total. The summed E-state index contributed by atoms with van der Waals surface area (Å²) in [5.41, 5.74) is 0.572. The third-order valence-electron chi connectivity index (χ3n) is 2.99. The molecule has 6 nitrogen and oxygen atoms in total. The number of carbonyl (C=O) groups is 1. The van der Waals surface area contributed by atoms with E-state index in [0.717, 1.165) is 0 Å². The summed E-state index contributed by atoms with van der Waals surface area (Å²) in [5.74, 6) is -0.921. The van der Waals surface area contributed by atoms with Crippen molar-refractivity contribution in [1.82, 2.24) is 0 Å². The van der Waals surface area contributed by atoms with E-state index < -0.39 is 10.9 Å². The van der Waals surface area contributed by atoms with Gasteiger partial charge in [-0.25, -0.2) is 4.79 Å². The summed E-state index contributed by atoms with van der Waals surface area (Å²) in [6.45, 7) is 0.118. The van der Waals surface area contributed by atoms with Crippen LogP contribution in [0.25, 0.3) is 0 Å². The summed E-state index contributed by atoms with van der Waals surface area (Å²) in [6.07, 6.45) is 0.322. The Morgan fingerprint density at radius 2 is 2.00 bits per heavy atom. The van der Waals surface area contributed by atoms with Gasteiger partial charge in [0.25, 0.3) is 0 Å². The van der Waals surface area contributed by atoms with Crippen LogP contribution in [0.4, 0.5) is 5.69 Å². The number of nitro benzene ring substituents is 1. The van der Waals surface area contributed by atoms with E-state index in [-0.39, 0.29) is 28.6 Å². The van der Waals surface area contributed by atoms with Gasteiger partial charge in [-0.05, 0) is 23.8 Å². The zero-order chi connectivity index (χ0) is 16.1. The number of ether oxygens (including phenoxy) is 1. The topological polar surface area (TPSA) is 89.7 Å². The molecule has 0 spiro atoms. The Kier molecular flexibility index (Phi) is 4.95. The molecule has 0 saturated carbocycles. The lowest BCUT2D eigenvalue weighted by molar-refractivity contribution is -0.385. The summed E-state index contributed by atoms with van der Waals surface area (Å²) >= 11 is 5.72. The molecule has 0 heterocycles. The molecule has 0 aromatic heterocycles. The molecule has 0 amide bonds. The number of carboxylic acid groups (broad SMARTS) is 1.